The molecule has 6 nitrogen and oxygen atoms in total. The van der Waals surface area contributed by atoms with E-state index in [9.17, 15) is 0 Å². The highest BCUT2D eigenvalue weighted by atomic mass is 16.5. The molecule has 0 radical (unpaired) electrons. The van der Waals surface area contributed by atoms with Gasteiger partial charge in [-0.3, -0.25) is 4.90 Å². The van der Waals surface area contributed by atoms with E-state index in [1.165, 1.54) is 0 Å². The van der Waals surface area contributed by atoms with Crippen molar-refractivity contribution in [1.29, 1.82) is 0 Å². The van der Waals surface area contributed by atoms with Crippen LogP contribution in [0.1, 0.15) is 32.4 Å². The number of nitrogens with zero attached hydrogens (tertiary/aromatic N) is 5. The van der Waals surface area contributed by atoms with Crippen LogP contribution in [0.4, 0.5) is 0 Å². The van der Waals surface area contributed by atoms with E-state index in [0.29, 0.717) is 0 Å². The van der Waals surface area contributed by atoms with Crippen LogP contribution in [0.15, 0.2) is 18.3 Å². The van der Waals surface area contributed by atoms with E-state index in [1.807, 2.05) is 18.3 Å². The predicted octanol–water partition coefficient (Wildman–Crippen LogP) is 1.30. The molecule has 3 rings (SSSR count). The van der Waals surface area contributed by atoms with Crippen LogP contribution in [0.5, 0.6) is 0 Å². The number of pyridine rings is 1. The summed E-state index contributed by atoms with van der Waals surface area (Å²) in [5, 5.41) is 11.5. The third kappa shape index (κ3) is 2.46. The maximum atomic E-state index is 5.89. The highest BCUT2D eigenvalue weighted by Gasteiger charge is 2.29. The van der Waals surface area contributed by atoms with Crippen LogP contribution in [0.25, 0.3) is 5.65 Å². The summed E-state index contributed by atoms with van der Waals surface area (Å²) in [5.74, 6) is 0. The van der Waals surface area contributed by atoms with Crippen molar-refractivity contribution >= 4 is 5.65 Å². The van der Waals surface area contributed by atoms with Crippen LogP contribution in [0.3, 0.4) is 0 Å². The van der Waals surface area contributed by atoms with Crippen molar-refractivity contribution in [3.8, 4) is 0 Å². The minimum Gasteiger partial charge on any atom is -0.371 e. The molecule has 0 bridgehead atoms. The van der Waals surface area contributed by atoms with Crippen LogP contribution < -0.4 is 0 Å². The first-order valence-electron chi connectivity index (χ1n) is 6.58. The first-order valence-corrected chi connectivity index (χ1v) is 6.58. The molecule has 102 valence electrons. The SMILES string of the molecule is CC(C)(C)N1CCOC(c2ccc3nnnn3c2)C1. The Labute approximate surface area is 112 Å². The van der Waals surface area contributed by atoms with Crippen molar-refractivity contribution in [3.05, 3.63) is 23.9 Å². The fourth-order valence-corrected chi connectivity index (χ4v) is 2.41. The Morgan fingerprint density at radius 3 is 2.95 bits per heavy atom. The third-order valence-electron chi connectivity index (χ3n) is 3.60. The molecular weight excluding hydrogens is 242 g/mol. The molecule has 1 atom stereocenters. The van der Waals surface area contributed by atoms with Crippen LogP contribution in [0.2, 0.25) is 0 Å². The number of fused-ring (bicyclic) bond motifs is 1. The summed E-state index contributed by atoms with van der Waals surface area (Å²) >= 11 is 0. The second-order valence-electron chi connectivity index (χ2n) is 5.92. The quantitative estimate of drug-likeness (QED) is 0.774. The van der Waals surface area contributed by atoms with Gasteiger partial charge in [0.25, 0.3) is 0 Å². The molecule has 0 saturated carbocycles. The largest absolute Gasteiger partial charge is 0.371 e. The number of rotatable bonds is 1. The van der Waals surface area contributed by atoms with Crippen molar-refractivity contribution in [2.24, 2.45) is 0 Å². The lowest BCUT2D eigenvalue weighted by Crippen LogP contribution is -2.48. The van der Waals surface area contributed by atoms with Gasteiger partial charge in [0.15, 0.2) is 5.65 Å². The minimum absolute atomic E-state index is 0.0848. The van der Waals surface area contributed by atoms with Crippen LogP contribution in [-0.4, -0.2) is 50.2 Å². The van der Waals surface area contributed by atoms with Gasteiger partial charge >= 0.3 is 0 Å². The second-order valence-corrected chi connectivity index (χ2v) is 5.92. The summed E-state index contributed by atoms with van der Waals surface area (Å²) in [6.07, 6.45) is 2.04. The Morgan fingerprint density at radius 2 is 2.16 bits per heavy atom. The molecule has 0 aliphatic carbocycles. The fourth-order valence-electron chi connectivity index (χ4n) is 2.41. The molecule has 3 heterocycles. The molecule has 1 saturated heterocycles. The molecular formula is C13H19N5O. The number of aromatic nitrogens is 4. The zero-order valence-corrected chi connectivity index (χ0v) is 11.6. The lowest BCUT2D eigenvalue weighted by atomic mass is 10.0. The average molecular weight is 261 g/mol. The van der Waals surface area contributed by atoms with E-state index in [2.05, 4.69) is 41.2 Å². The van der Waals surface area contributed by atoms with E-state index in [-0.39, 0.29) is 11.6 Å². The van der Waals surface area contributed by atoms with Gasteiger partial charge in [-0.15, -0.1) is 5.10 Å². The van der Waals surface area contributed by atoms with Gasteiger partial charge in [-0.05, 0) is 37.3 Å². The van der Waals surface area contributed by atoms with Crippen LogP contribution in [-0.2, 0) is 4.74 Å². The molecule has 1 aliphatic rings. The molecule has 0 amide bonds. The van der Waals surface area contributed by atoms with Gasteiger partial charge in [0, 0.05) is 30.4 Å². The highest BCUT2D eigenvalue weighted by molar-refractivity contribution is 5.36. The Balaban J connectivity index is 1.84. The van der Waals surface area contributed by atoms with Crippen molar-refractivity contribution in [1.82, 2.24) is 24.9 Å². The van der Waals surface area contributed by atoms with Gasteiger partial charge in [-0.2, -0.15) is 0 Å². The summed E-state index contributed by atoms with van der Waals surface area (Å²) in [6.45, 7) is 9.35. The topological polar surface area (TPSA) is 55.5 Å². The average Bonchev–Trinajstić information content (AvgIpc) is 2.85. The zero-order chi connectivity index (χ0) is 13.5. The first-order chi connectivity index (χ1) is 9.04. The molecule has 1 unspecified atom stereocenters. The van der Waals surface area contributed by atoms with Gasteiger partial charge in [0.05, 0.1) is 12.7 Å². The second kappa shape index (κ2) is 4.54. The van der Waals surface area contributed by atoms with E-state index >= 15 is 0 Å². The molecule has 1 aliphatic heterocycles. The number of tetrazole rings is 1. The van der Waals surface area contributed by atoms with Crippen molar-refractivity contribution < 1.29 is 4.74 Å². The van der Waals surface area contributed by atoms with E-state index < -0.39 is 0 Å². The highest BCUT2D eigenvalue weighted by Crippen LogP contribution is 2.26. The Morgan fingerprint density at radius 1 is 1.32 bits per heavy atom. The molecule has 0 aromatic carbocycles. The summed E-state index contributed by atoms with van der Waals surface area (Å²) < 4.78 is 7.58. The van der Waals surface area contributed by atoms with Gasteiger partial charge in [0.2, 0.25) is 0 Å². The molecule has 6 heteroatoms. The van der Waals surface area contributed by atoms with Crippen molar-refractivity contribution in [3.63, 3.8) is 0 Å². The zero-order valence-electron chi connectivity index (χ0n) is 11.6. The molecule has 1 fully saturated rings. The number of morpholine rings is 1. The normalized spacial score (nSPS) is 21.9. The maximum Gasteiger partial charge on any atom is 0.179 e. The molecule has 0 N–H and O–H groups in total. The number of ether oxygens (including phenoxy) is 1. The Bertz CT molecular complexity index is 574. The molecule has 2 aromatic rings. The molecule has 2 aromatic heterocycles. The maximum absolute atomic E-state index is 5.89. The Hall–Kier alpha value is -1.53. The Kier molecular flexibility index (Phi) is 2.99. The molecule has 0 spiro atoms. The van der Waals surface area contributed by atoms with Gasteiger partial charge < -0.3 is 4.74 Å². The first kappa shape index (κ1) is 12.5. The van der Waals surface area contributed by atoms with Crippen molar-refractivity contribution in [2.45, 2.75) is 32.4 Å². The van der Waals surface area contributed by atoms with E-state index in [0.717, 1.165) is 30.9 Å². The minimum atomic E-state index is 0.0848. The number of hydrogen-bond donors (Lipinski definition) is 0. The summed E-state index contributed by atoms with van der Waals surface area (Å²) in [7, 11) is 0. The van der Waals surface area contributed by atoms with E-state index in [4.69, 9.17) is 4.74 Å². The lowest BCUT2D eigenvalue weighted by Gasteiger charge is -2.41. The lowest BCUT2D eigenvalue weighted by molar-refractivity contribution is -0.0598. The fraction of sp³-hybridized carbons (Fsp3) is 0.615. The molecule has 19 heavy (non-hydrogen) atoms. The van der Waals surface area contributed by atoms with E-state index in [1.54, 1.807) is 4.52 Å². The van der Waals surface area contributed by atoms with Gasteiger partial charge in [-0.25, -0.2) is 4.52 Å². The smallest absolute Gasteiger partial charge is 0.179 e. The van der Waals surface area contributed by atoms with Gasteiger partial charge in [0.1, 0.15) is 0 Å². The third-order valence-corrected chi connectivity index (χ3v) is 3.60. The van der Waals surface area contributed by atoms with Crippen molar-refractivity contribution in [2.75, 3.05) is 19.7 Å². The summed E-state index contributed by atoms with van der Waals surface area (Å²) in [4.78, 5) is 2.45. The van der Waals surface area contributed by atoms with Gasteiger partial charge in [-0.1, -0.05) is 6.07 Å². The standard InChI is InChI=1S/C13H19N5O/c1-13(2,3)17-6-7-19-11(9-17)10-4-5-12-14-15-16-18(12)8-10/h4-5,8,11H,6-7,9H2,1-3H3. The van der Waals surface area contributed by atoms with Crippen LogP contribution >= 0.6 is 0 Å². The monoisotopic (exact) mass is 261 g/mol. The number of hydrogen-bond acceptors (Lipinski definition) is 5. The summed E-state index contributed by atoms with van der Waals surface area (Å²) in [6, 6.07) is 3.97. The van der Waals surface area contributed by atoms with Crippen LogP contribution in [0, 0.1) is 0 Å². The predicted molar refractivity (Wildman–Crippen MR) is 70.8 cm³/mol. The summed E-state index contributed by atoms with van der Waals surface area (Å²) in [5.41, 5.74) is 2.04.